The predicted octanol–water partition coefficient (Wildman–Crippen LogP) is 3.02. The van der Waals surface area contributed by atoms with Gasteiger partial charge in [-0.1, -0.05) is 49.6 Å². The quantitative estimate of drug-likeness (QED) is 0.908. The molecule has 3 nitrogen and oxygen atoms in total. The number of aliphatic hydroxyl groups excluding tert-OH is 1. The summed E-state index contributed by atoms with van der Waals surface area (Å²) in [5, 5.41) is 10.1. The number of aliphatic hydroxyl groups is 1. The molecule has 2 fully saturated rings. The molecule has 1 aromatic rings. The molecule has 120 valence electrons. The van der Waals surface area contributed by atoms with E-state index in [1.54, 1.807) is 0 Å². The van der Waals surface area contributed by atoms with Gasteiger partial charge in [-0.05, 0) is 36.7 Å². The maximum atomic E-state index is 12.3. The lowest BCUT2D eigenvalue weighted by molar-refractivity contribution is -0.135. The molecule has 0 bridgehead atoms. The second-order valence-electron chi connectivity index (χ2n) is 6.96. The largest absolute Gasteiger partial charge is 0.392 e. The average molecular weight is 301 g/mol. The lowest BCUT2D eigenvalue weighted by Crippen LogP contribution is -2.42. The lowest BCUT2D eigenvalue weighted by Gasteiger charge is -2.40. The van der Waals surface area contributed by atoms with Gasteiger partial charge in [0.2, 0.25) is 5.91 Å². The molecule has 1 unspecified atom stereocenters. The van der Waals surface area contributed by atoms with Crippen molar-refractivity contribution >= 4 is 5.91 Å². The van der Waals surface area contributed by atoms with E-state index in [4.69, 9.17) is 0 Å². The van der Waals surface area contributed by atoms with Crippen LogP contribution in [0.15, 0.2) is 30.3 Å². The summed E-state index contributed by atoms with van der Waals surface area (Å²) >= 11 is 0. The predicted molar refractivity (Wildman–Crippen MR) is 87.4 cm³/mol. The highest BCUT2D eigenvalue weighted by atomic mass is 16.3. The van der Waals surface area contributed by atoms with Crippen LogP contribution in [0.3, 0.4) is 0 Å². The fourth-order valence-electron chi connectivity index (χ4n) is 3.82. The number of carbonyl (C=O) groups is 1. The van der Waals surface area contributed by atoms with Crippen LogP contribution in [0.25, 0.3) is 0 Å². The van der Waals surface area contributed by atoms with Crippen molar-refractivity contribution in [3.63, 3.8) is 0 Å². The maximum absolute atomic E-state index is 12.3. The van der Waals surface area contributed by atoms with E-state index in [1.165, 1.54) is 19.3 Å². The average Bonchev–Trinajstić information content (AvgIpc) is 2.47. The number of hydrogen-bond acceptors (Lipinski definition) is 2. The van der Waals surface area contributed by atoms with Crippen molar-refractivity contribution in [3.05, 3.63) is 35.9 Å². The third-order valence-electron chi connectivity index (χ3n) is 5.43. The van der Waals surface area contributed by atoms with Gasteiger partial charge in [-0.2, -0.15) is 0 Å². The normalized spacial score (nSPS) is 21.4. The fourth-order valence-corrected chi connectivity index (χ4v) is 3.82. The van der Waals surface area contributed by atoms with Crippen molar-refractivity contribution in [3.8, 4) is 0 Å². The van der Waals surface area contributed by atoms with Crippen LogP contribution in [0.4, 0.5) is 0 Å². The van der Waals surface area contributed by atoms with Crippen LogP contribution in [0, 0.1) is 11.8 Å². The van der Waals surface area contributed by atoms with Crippen LogP contribution in [-0.4, -0.2) is 35.1 Å². The second-order valence-corrected chi connectivity index (χ2v) is 6.96. The number of piperidine rings is 1. The highest BCUT2D eigenvalue weighted by Gasteiger charge is 2.31. The Kier molecular flexibility index (Phi) is 5.14. The van der Waals surface area contributed by atoms with E-state index < -0.39 is 6.10 Å². The third kappa shape index (κ3) is 3.89. The molecule has 1 aromatic carbocycles. The topological polar surface area (TPSA) is 40.5 Å². The van der Waals surface area contributed by atoms with E-state index in [0.717, 1.165) is 43.3 Å². The molecule has 1 saturated heterocycles. The highest BCUT2D eigenvalue weighted by molar-refractivity contribution is 5.76. The number of nitrogens with zero attached hydrogens (tertiary/aromatic N) is 1. The minimum atomic E-state index is -0.570. The summed E-state index contributed by atoms with van der Waals surface area (Å²) in [5.74, 6) is 1.89. The van der Waals surface area contributed by atoms with E-state index in [2.05, 4.69) is 0 Å². The molecule has 0 radical (unpaired) electrons. The summed E-state index contributed by atoms with van der Waals surface area (Å²) < 4.78 is 0. The minimum Gasteiger partial charge on any atom is -0.392 e. The first-order valence-corrected chi connectivity index (χ1v) is 8.72. The van der Waals surface area contributed by atoms with Crippen molar-refractivity contribution in [1.82, 2.24) is 4.90 Å². The van der Waals surface area contributed by atoms with Gasteiger partial charge < -0.3 is 10.0 Å². The molecule has 1 atom stereocenters. The van der Waals surface area contributed by atoms with E-state index >= 15 is 0 Å². The first-order chi connectivity index (χ1) is 10.7. The van der Waals surface area contributed by atoms with Crippen LogP contribution in [-0.2, 0) is 11.2 Å². The molecule has 0 spiro atoms. The summed E-state index contributed by atoms with van der Waals surface area (Å²) in [6.07, 6.45) is 6.75. The van der Waals surface area contributed by atoms with E-state index in [9.17, 15) is 9.90 Å². The van der Waals surface area contributed by atoms with E-state index in [-0.39, 0.29) is 12.3 Å². The summed E-state index contributed by atoms with van der Waals surface area (Å²) in [4.78, 5) is 14.3. The summed E-state index contributed by atoms with van der Waals surface area (Å²) in [5.41, 5.74) is 1.09. The Hall–Kier alpha value is -1.35. The third-order valence-corrected chi connectivity index (χ3v) is 5.43. The Balaban J connectivity index is 1.42. The van der Waals surface area contributed by atoms with Crippen molar-refractivity contribution in [2.75, 3.05) is 13.1 Å². The Morgan fingerprint density at radius 3 is 2.32 bits per heavy atom. The minimum absolute atomic E-state index is 0.121. The number of likely N-dealkylation sites (tertiary alicyclic amines) is 1. The molecule has 22 heavy (non-hydrogen) atoms. The smallest absolute Gasteiger partial charge is 0.225 e. The van der Waals surface area contributed by atoms with Crippen LogP contribution in [0.1, 0.15) is 44.1 Å². The summed E-state index contributed by atoms with van der Waals surface area (Å²) in [6, 6.07) is 9.90. The highest BCUT2D eigenvalue weighted by Crippen LogP contribution is 2.38. The number of benzene rings is 1. The Morgan fingerprint density at radius 2 is 1.73 bits per heavy atom. The zero-order chi connectivity index (χ0) is 15.4. The number of rotatable bonds is 5. The van der Waals surface area contributed by atoms with Crippen LogP contribution >= 0.6 is 0 Å². The van der Waals surface area contributed by atoms with Gasteiger partial charge in [0.25, 0.3) is 0 Å². The summed E-state index contributed by atoms with van der Waals surface area (Å²) in [7, 11) is 0. The van der Waals surface area contributed by atoms with Gasteiger partial charge in [0, 0.05) is 13.1 Å². The van der Waals surface area contributed by atoms with Gasteiger partial charge in [0.15, 0.2) is 0 Å². The van der Waals surface area contributed by atoms with E-state index in [0.29, 0.717) is 6.42 Å². The Labute approximate surface area is 133 Å². The monoisotopic (exact) mass is 301 g/mol. The summed E-state index contributed by atoms with van der Waals surface area (Å²) in [6.45, 7) is 1.77. The van der Waals surface area contributed by atoms with Crippen molar-refractivity contribution < 1.29 is 9.90 Å². The molecule has 1 saturated carbocycles. The Bertz CT molecular complexity index is 475. The van der Waals surface area contributed by atoms with E-state index in [1.807, 2.05) is 35.2 Å². The van der Waals surface area contributed by atoms with Crippen molar-refractivity contribution in [2.24, 2.45) is 11.8 Å². The number of hydrogen-bond donors (Lipinski definition) is 1. The fraction of sp³-hybridized carbons (Fsp3) is 0.632. The number of carbonyl (C=O) groups excluding carboxylic acids is 1. The van der Waals surface area contributed by atoms with Crippen molar-refractivity contribution in [1.29, 1.82) is 0 Å². The zero-order valence-electron chi connectivity index (χ0n) is 13.3. The van der Waals surface area contributed by atoms with Gasteiger partial charge in [-0.25, -0.2) is 0 Å². The molecule has 1 amide bonds. The molecule has 1 aliphatic heterocycles. The van der Waals surface area contributed by atoms with Gasteiger partial charge in [0.05, 0.1) is 12.5 Å². The molecule has 3 rings (SSSR count). The van der Waals surface area contributed by atoms with Gasteiger partial charge >= 0.3 is 0 Å². The SMILES string of the molecule is O=C(CC(O)Cc1ccccc1)N1CCC(C2CCC2)CC1. The standard InChI is InChI=1S/C19H27NO2/c21-18(13-15-5-2-1-3-6-15)14-19(22)20-11-9-17(10-12-20)16-7-4-8-16/h1-3,5-6,16-18,21H,4,7-14H2. The molecular formula is C19H27NO2. The molecular weight excluding hydrogens is 274 g/mol. The number of amides is 1. The zero-order valence-corrected chi connectivity index (χ0v) is 13.3. The van der Waals surface area contributed by atoms with Crippen LogP contribution in [0.2, 0.25) is 0 Å². The van der Waals surface area contributed by atoms with Gasteiger partial charge in [-0.3, -0.25) is 4.79 Å². The Morgan fingerprint density at radius 1 is 1.09 bits per heavy atom. The van der Waals surface area contributed by atoms with Gasteiger partial charge in [0.1, 0.15) is 0 Å². The van der Waals surface area contributed by atoms with Crippen molar-refractivity contribution in [2.45, 2.75) is 51.0 Å². The first-order valence-electron chi connectivity index (χ1n) is 8.72. The molecule has 0 aromatic heterocycles. The second kappa shape index (κ2) is 7.28. The van der Waals surface area contributed by atoms with Gasteiger partial charge in [-0.15, -0.1) is 0 Å². The molecule has 1 heterocycles. The first kappa shape index (κ1) is 15.5. The van der Waals surface area contributed by atoms with Crippen LogP contribution < -0.4 is 0 Å². The molecule has 1 aliphatic carbocycles. The molecule has 3 heteroatoms. The lowest BCUT2D eigenvalue weighted by atomic mass is 9.72. The van der Waals surface area contributed by atoms with Crippen LogP contribution in [0.5, 0.6) is 0 Å². The molecule has 1 N–H and O–H groups in total. The molecule has 2 aliphatic rings. The maximum Gasteiger partial charge on any atom is 0.225 e.